The number of hydrogen-bond donors (Lipinski definition) is 2. The SMILES string of the molecule is O=S(=O)(NCCOc1ccccc1)NCc1ccccc1. The first kappa shape index (κ1) is 15.5. The highest BCUT2D eigenvalue weighted by Crippen LogP contribution is 2.07. The molecule has 0 aliphatic heterocycles. The van der Waals surface area contributed by atoms with Gasteiger partial charge in [-0.1, -0.05) is 48.5 Å². The molecule has 6 heteroatoms. The summed E-state index contributed by atoms with van der Waals surface area (Å²) in [4.78, 5) is 0. The molecule has 0 spiro atoms. The number of nitrogens with one attached hydrogen (secondary N) is 2. The van der Waals surface area contributed by atoms with Gasteiger partial charge in [0.1, 0.15) is 12.4 Å². The van der Waals surface area contributed by atoms with E-state index in [1.54, 1.807) is 0 Å². The Morgan fingerprint density at radius 2 is 1.48 bits per heavy atom. The monoisotopic (exact) mass is 306 g/mol. The lowest BCUT2D eigenvalue weighted by Crippen LogP contribution is -2.38. The second kappa shape index (κ2) is 7.78. The predicted octanol–water partition coefficient (Wildman–Crippen LogP) is 1.69. The fourth-order valence-corrected chi connectivity index (χ4v) is 2.50. The van der Waals surface area contributed by atoms with Crippen molar-refractivity contribution >= 4 is 10.2 Å². The van der Waals surface area contributed by atoms with E-state index >= 15 is 0 Å². The first-order chi connectivity index (χ1) is 10.2. The van der Waals surface area contributed by atoms with Gasteiger partial charge in [-0.15, -0.1) is 0 Å². The van der Waals surface area contributed by atoms with E-state index < -0.39 is 10.2 Å². The fourth-order valence-electron chi connectivity index (χ4n) is 1.69. The van der Waals surface area contributed by atoms with Crippen LogP contribution in [0.1, 0.15) is 5.56 Å². The quantitative estimate of drug-likeness (QED) is 0.729. The highest BCUT2D eigenvalue weighted by atomic mass is 32.2. The smallest absolute Gasteiger partial charge is 0.277 e. The van der Waals surface area contributed by atoms with Crippen LogP contribution in [0.2, 0.25) is 0 Å². The summed E-state index contributed by atoms with van der Waals surface area (Å²) in [5.74, 6) is 0.717. The third kappa shape index (κ3) is 5.95. The molecule has 2 rings (SSSR count). The van der Waals surface area contributed by atoms with Crippen LogP contribution in [0.4, 0.5) is 0 Å². The maximum absolute atomic E-state index is 11.7. The summed E-state index contributed by atoms with van der Waals surface area (Å²) in [6.45, 7) is 0.741. The van der Waals surface area contributed by atoms with E-state index in [4.69, 9.17) is 4.74 Å². The van der Waals surface area contributed by atoms with Crippen molar-refractivity contribution in [3.8, 4) is 5.75 Å². The average Bonchev–Trinajstić information content (AvgIpc) is 2.52. The third-order valence-electron chi connectivity index (χ3n) is 2.72. The van der Waals surface area contributed by atoms with E-state index in [1.807, 2.05) is 60.7 Å². The standard InChI is InChI=1S/C15H18N2O3S/c18-21(19,17-13-14-7-3-1-4-8-14)16-11-12-20-15-9-5-2-6-10-15/h1-10,16-17H,11-13H2. The van der Waals surface area contributed by atoms with Gasteiger partial charge < -0.3 is 4.74 Å². The van der Waals surface area contributed by atoms with Gasteiger partial charge in [0.25, 0.3) is 10.2 Å². The van der Waals surface area contributed by atoms with Crippen molar-refractivity contribution in [2.75, 3.05) is 13.2 Å². The van der Waals surface area contributed by atoms with Crippen molar-refractivity contribution in [1.82, 2.24) is 9.44 Å². The van der Waals surface area contributed by atoms with Gasteiger partial charge in [0.15, 0.2) is 0 Å². The average molecular weight is 306 g/mol. The second-order valence-corrected chi connectivity index (χ2v) is 5.95. The number of para-hydroxylation sites is 1. The molecule has 0 radical (unpaired) electrons. The zero-order valence-corrected chi connectivity index (χ0v) is 12.3. The number of benzene rings is 2. The van der Waals surface area contributed by atoms with Gasteiger partial charge in [-0.2, -0.15) is 17.9 Å². The molecule has 0 aliphatic carbocycles. The van der Waals surface area contributed by atoms with Gasteiger partial charge in [-0.25, -0.2) is 0 Å². The molecule has 112 valence electrons. The zero-order valence-electron chi connectivity index (χ0n) is 11.5. The van der Waals surface area contributed by atoms with Crippen LogP contribution in [0.3, 0.4) is 0 Å². The number of rotatable bonds is 8. The Labute approximate surface area is 125 Å². The minimum Gasteiger partial charge on any atom is -0.492 e. The van der Waals surface area contributed by atoms with E-state index in [0.717, 1.165) is 5.56 Å². The zero-order chi connectivity index (χ0) is 15.0. The number of hydrogen-bond acceptors (Lipinski definition) is 3. The molecule has 2 N–H and O–H groups in total. The highest BCUT2D eigenvalue weighted by Gasteiger charge is 2.08. The Morgan fingerprint density at radius 1 is 0.857 bits per heavy atom. The number of ether oxygens (including phenoxy) is 1. The molecule has 0 heterocycles. The minimum atomic E-state index is -3.51. The lowest BCUT2D eigenvalue weighted by molar-refractivity contribution is 0.322. The Balaban J connectivity index is 1.69. The molecule has 0 bridgehead atoms. The normalized spacial score (nSPS) is 11.2. The summed E-state index contributed by atoms with van der Waals surface area (Å²) in [5, 5.41) is 0. The molecule has 0 fully saturated rings. The third-order valence-corrected chi connectivity index (χ3v) is 3.82. The van der Waals surface area contributed by atoms with Crippen molar-refractivity contribution < 1.29 is 13.2 Å². The fraction of sp³-hybridized carbons (Fsp3) is 0.200. The Bertz CT molecular complexity index is 630. The van der Waals surface area contributed by atoms with Crippen LogP contribution in [-0.2, 0) is 16.8 Å². The summed E-state index contributed by atoms with van der Waals surface area (Å²) in [6, 6.07) is 18.6. The first-order valence-corrected chi connectivity index (χ1v) is 8.10. The van der Waals surface area contributed by atoms with E-state index in [2.05, 4.69) is 9.44 Å². The molecule has 0 saturated heterocycles. The summed E-state index contributed by atoms with van der Waals surface area (Å²) < 4.78 is 33.8. The second-order valence-electron chi connectivity index (χ2n) is 4.37. The maximum atomic E-state index is 11.7. The molecule has 0 aromatic heterocycles. The van der Waals surface area contributed by atoms with Crippen LogP contribution in [0.15, 0.2) is 60.7 Å². The molecule has 0 atom stereocenters. The minimum absolute atomic E-state index is 0.207. The van der Waals surface area contributed by atoms with E-state index in [1.165, 1.54) is 0 Å². The van der Waals surface area contributed by atoms with Gasteiger partial charge in [0, 0.05) is 13.1 Å². The van der Waals surface area contributed by atoms with Crippen LogP contribution >= 0.6 is 0 Å². The molecule has 5 nitrogen and oxygen atoms in total. The molecular formula is C15H18N2O3S. The Morgan fingerprint density at radius 3 is 2.14 bits per heavy atom. The summed E-state index contributed by atoms with van der Waals surface area (Å²) >= 11 is 0. The van der Waals surface area contributed by atoms with Crippen LogP contribution in [0.25, 0.3) is 0 Å². The molecule has 21 heavy (non-hydrogen) atoms. The van der Waals surface area contributed by atoms with E-state index in [9.17, 15) is 8.42 Å². The van der Waals surface area contributed by atoms with Gasteiger partial charge in [-0.05, 0) is 17.7 Å². The van der Waals surface area contributed by atoms with Gasteiger partial charge >= 0.3 is 0 Å². The largest absolute Gasteiger partial charge is 0.492 e. The molecule has 2 aromatic carbocycles. The van der Waals surface area contributed by atoms with Gasteiger partial charge in [-0.3, -0.25) is 0 Å². The lowest BCUT2D eigenvalue weighted by Gasteiger charge is -2.09. The molecular weight excluding hydrogens is 288 g/mol. The van der Waals surface area contributed by atoms with Crippen LogP contribution in [0.5, 0.6) is 5.75 Å². The first-order valence-electron chi connectivity index (χ1n) is 6.62. The van der Waals surface area contributed by atoms with E-state index in [-0.39, 0.29) is 19.7 Å². The molecule has 2 aromatic rings. The van der Waals surface area contributed by atoms with Crippen LogP contribution in [-0.4, -0.2) is 21.6 Å². The Hall–Kier alpha value is -1.89. The van der Waals surface area contributed by atoms with Crippen LogP contribution in [0, 0.1) is 0 Å². The topological polar surface area (TPSA) is 67.4 Å². The summed E-state index contributed by atoms with van der Waals surface area (Å²) in [7, 11) is -3.51. The molecule has 0 saturated carbocycles. The maximum Gasteiger partial charge on any atom is 0.277 e. The molecule has 0 unspecified atom stereocenters. The molecule has 0 aliphatic rings. The van der Waals surface area contributed by atoms with Crippen molar-refractivity contribution in [3.63, 3.8) is 0 Å². The lowest BCUT2D eigenvalue weighted by atomic mass is 10.2. The highest BCUT2D eigenvalue weighted by molar-refractivity contribution is 7.87. The van der Waals surface area contributed by atoms with Gasteiger partial charge in [0.2, 0.25) is 0 Å². The van der Waals surface area contributed by atoms with E-state index in [0.29, 0.717) is 5.75 Å². The summed E-state index contributed by atoms with van der Waals surface area (Å²) in [6.07, 6.45) is 0. The predicted molar refractivity (Wildman–Crippen MR) is 82.1 cm³/mol. The van der Waals surface area contributed by atoms with Crippen molar-refractivity contribution in [3.05, 3.63) is 66.2 Å². The summed E-state index contributed by atoms with van der Waals surface area (Å²) in [5.41, 5.74) is 0.906. The van der Waals surface area contributed by atoms with Crippen molar-refractivity contribution in [2.24, 2.45) is 0 Å². The molecule has 0 amide bonds. The Kier molecular flexibility index (Phi) is 5.74. The van der Waals surface area contributed by atoms with Crippen molar-refractivity contribution in [2.45, 2.75) is 6.54 Å². The van der Waals surface area contributed by atoms with Gasteiger partial charge in [0.05, 0.1) is 0 Å². The van der Waals surface area contributed by atoms with Crippen molar-refractivity contribution in [1.29, 1.82) is 0 Å². The van der Waals surface area contributed by atoms with Crippen LogP contribution < -0.4 is 14.2 Å².